The van der Waals surface area contributed by atoms with E-state index in [9.17, 15) is 9.59 Å². The quantitative estimate of drug-likeness (QED) is 0.829. The van der Waals surface area contributed by atoms with Crippen LogP contribution in [-0.4, -0.2) is 47.7 Å². The van der Waals surface area contributed by atoms with Gasteiger partial charge in [0, 0.05) is 19.1 Å². The lowest BCUT2D eigenvalue weighted by atomic mass is 9.89. The number of alkyl carbamates (subject to hydrolysis) is 1. The van der Waals surface area contributed by atoms with Gasteiger partial charge in [0.1, 0.15) is 5.60 Å². The van der Waals surface area contributed by atoms with E-state index in [1.165, 1.54) is 0 Å². The Morgan fingerprint density at radius 2 is 1.70 bits per heavy atom. The predicted octanol–water partition coefficient (Wildman–Crippen LogP) is 2.26. The lowest BCUT2D eigenvalue weighted by molar-refractivity contribution is -0.135. The molecule has 2 amide bonds. The van der Waals surface area contributed by atoms with E-state index in [2.05, 4.69) is 5.32 Å². The second-order valence-electron chi connectivity index (χ2n) is 7.87. The normalized spacial score (nSPS) is 23.3. The van der Waals surface area contributed by atoms with Gasteiger partial charge in [0.25, 0.3) is 0 Å². The first-order chi connectivity index (χ1) is 10.5. The van der Waals surface area contributed by atoms with Crippen LogP contribution in [0, 0.1) is 5.92 Å². The lowest BCUT2D eigenvalue weighted by Crippen LogP contribution is -2.51. The fourth-order valence-electron chi connectivity index (χ4n) is 2.78. The summed E-state index contributed by atoms with van der Waals surface area (Å²) in [6.07, 6.45) is 3.06. The average Bonchev–Trinajstić information content (AvgIpc) is 2.43. The van der Waals surface area contributed by atoms with Gasteiger partial charge in [0.05, 0.1) is 6.04 Å². The maximum Gasteiger partial charge on any atom is 0.407 e. The minimum Gasteiger partial charge on any atom is -0.444 e. The molecule has 1 aliphatic rings. The monoisotopic (exact) mass is 327 g/mol. The van der Waals surface area contributed by atoms with Gasteiger partial charge in [-0.1, -0.05) is 13.8 Å². The number of carbonyl (C=O) groups is 2. The van der Waals surface area contributed by atoms with Gasteiger partial charge in [-0.15, -0.1) is 0 Å². The molecule has 1 atom stereocenters. The van der Waals surface area contributed by atoms with Crippen LogP contribution in [0.4, 0.5) is 4.79 Å². The highest BCUT2D eigenvalue weighted by Crippen LogP contribution is 2.23. The summed E-state index contributed by atoms with van der Waals surface area (Å²) >= 11 is 0. The van der Waals surface area contributed by atoms with Crippen molar-refractivity contribution in [1.82, 2.24) is 10.2 Å². The molecule has 3 N–H and O–H groups in total. The minimum absolute atomic E-state index is 0.00329. The summed E-state index contributed by atoms with van der Waals surface area (Å²) in [5, 5.41) is 2.92. The third-order valence-corrected chi connectivity index (χ3v) is 4.32. The number of rotatable bonds is 4. The van der Waals surface area contributed by atoms with Gasteiger partial charge in [-0.2, -0.15) is 0 Å². The first-order valence-electron chi connectivity index (χ1n) is 8.53. The van der Waals surface area contributed by atoms with Crippen LogP contribution in [0.25, 0.3) is 0 Å². The Hall–Kier alpha value is -1.30. The van der Waals surface area contributed by atoms with E-state index in [4.69, 9.17) is 10.5 Å². The van der Waals surface area contributed by atoms with Gasteiger partial charge in [-0.05, 0) is 52.4 Å². The predicted molar refractivity (Wildman–Crippen MR) is 91.0 cm³/mol. The molecule has 0 heterocycles. The summed E-state index contributed by atoms with van der Waals surface area (Å²) in [6, 6.07) is -0.134. The Kier molecular flexibility index (Phi) is 6.86. The number of carbonyl (C=O) groups excluding carboxylic acids is 2. The molecular weight excluding hydrogens is 294 g/mol. The molecule has 134 valence electrons. The van der Waals surface area contributed by atoms with Crippen molar-refractivity contribution in [2.45, 2.75) is 84.0 Å². The Morgan fingerprint density at radius 1 is 1.17 bits per heavy atom. The summed E-state index contributed by atoms with van der Waals surface area (Å²) in [6.45, 7) is 9.46. The molecule has 0 bridgehead atoms. The first kappa shape index (κ1) is 19.7. The first-order valence-corrected chi connectivity index (χ1v) is 8.53. The Bertz CT molecular complexity index is 410. The SMILES string of the molecule is CC(C)[C@H](N)C(=O)N(C)C1CCC(NC(=O)OC(C)(C)C)CC1. The number of nitrogens with zero attached hydrogens (tertiary/aromatic N) is 1. The van der Waals surface area contributed by atoms with Crippen molar-refractivity contribution in [3.63, 3.8) is 0 Å². The second kappa shape index (κ2) is 7.99. The molecule has 6 nitrogen and oxygen atoms in total. The minimum atomic E-state index is -0.485. The topological polar surface area (TPSA) is 84.7 Å². The van der Waals surface area contributed by atoms with Gasteiger partial charge < -0.3 is 20.7 Å². The molecule has 1 fully saturated rings. The van der Waals surface area contributed by atoms with Crippen molar-refractivity contribution in [2.75, 3.05) is 7.05 Å². The Labute approximate surface area is 140 Å². The zero-order valence-corrected chi connectivity index (χ0v) is 15.4. The zero-order chi connectivity index (χ0) is 17.8. The van der Waals surface area contributed by atoms with Crippen LogP contribution in [0.1, 0.15) is 60.3 Å². The van der Waals surface area contributed by atoms with Crippen LogP contribution in [0.15, 0.2) is 0 Å². The van der Waals surface area contributed by atoms with Crippen molar-refractivity contribution in [3.8, 4) is 0 Å². The molecule has 0 aromatic carbocycles. The number of nitrogens with two attached hydrogens (primary N) is 1. The van der Waals surface area contributed by atoms with E-state index in [0.717, 1.165) is 25.7 Å². The molecule has 0 unspecified atom stereocenters. The van der Waals surface area contributed by atoms with Gasteiger partial charge in [-0.25, -0.2) is 4.79 Å². The lowest BCUT2D eigenvalue weighted by Gasteiger charge is -2.36. The van der Waals surface area contributed by atoms with E-state index >= 15 is 0 Å². The largest absolute Gasteiger partial charge is 0.444 e. The van der Waals surface area contributed by atoms with Crippen molar-refractivity contribution < 1.29 is 14.3 Å². The molecule has 0 aliphatic heterocycles. The highest BCUT2D eigenvalue weighted by Gasteiger charge is 2.30. The van der Waals surface area contributed by atoms with Crippen molar-refractivity contribution in [2.24, 2.45) is 11.7 Å². The molecule has 6 heteroatoms. The maximum absolute atomic E-state index is 12.3. The third-order valence-electron chi connectivity index (χ3n) is 4.32. The van der Waals surface area contributed by atoms with Crippen LogP contribution in [0.2, 0.25) is 0 Å². The molecular formula is C17H33N3O3. The summed E-state index contributed by atoms with van der Waals surface area (Å²) in [5.74, 6) is 0.138. The third kappa shape index (κ3) is 6.37. The molecule has 23 heavy (non-hydrogen) atoms. The second-order valence-corrected chi connectivity index (χ2v) is 7.87. The van der Waals surface area contributed by atoms with E-state index in [1.807, 2.05) is 41.7 Å². The van der Waals surface area contributed by atoms with Crippen LogP contribution >= 0.6 is 0 Å². The van der Waals surface area contributed by atoms with Gasteiger partial charge in [-0.3, -0.25) is 4.79 Å². The van der Waals surface area contributed by atoms with Crippen molar-refractivity contribution >= 4 is 12.0 Å². The number of amides is 2. The number of hydrogen-bond acceptors (Lipinski definition) is 4. The maximum atomic E-state index is 12.3. The average molecular weight is 327 g/mol. The molecule has 0 spiro atoms. The highest BCUT2D eigenvalue weighted by molar-refractivity contribution is 5.82. The zero-order valence-electron chi connectivity index (χ0n) is 15.4. The van der Waals surface area contributed by atoms with Crippen LogP contribution in [0.5, 0.6) is 0 Å². The summed E-state index contributed by atoms with van der Waals surface area (Å²) in [4.78, 5) is 25.9. The van der Waals surface area contributed by atoms with Crippen LogP contribution in [0.3, 0.4) is 0 Å². The van der Waals surface area contributed by atoms with Crippen LogP contribution in [-0.2, 0) is 9.53 Å². The number of likely N-dealkylation sites (N-methyl/N-ethyl adjacent to an activating group) is 1. The van der Waals surface area contributed by atoms with E-state index in [-0.39, 0.29) is 30.0 Å². The van der Waals surface area contributed by atoms with E-state index < -0.39 is 11.6 Å². The molecule has 1 saturated carbocycles. The molecule has 0 aromatic rings. The number of hydrogen-bond donors (Lipinski definition) is 2. The fraction of sp³-hybridized carbons (Fsp3) is 0.882. The summed E-state index contributed by atoms with van der Waals surface area (Å²) in [5.41, 5.74) is 5.47. The standard InChI is InChI=1S/C17H33N3O3/c1-11(2)14(18)15(21)20(6)13-9-7-12(8-10-13)19-16(22)23-17(3,4)5/h11-14H,7-10,18H2,1-6H3,(H,19,22)/t12?,13?,14-/m0/s1. The molecule has 0 radical (unpaired) electrons. The van der Waals surface area contributed by atoms with Gasteiger partial charge >= 0.3 is 6.09 Å². The van der Waals surface area contributed by atoms with Crippen LogP contribution < -0.4 is 11.1 Å². The Morgan fingerprint density at radius 3 is 2.13 bits per heavy atom. The summed E-state index contributed by atoms with van der Waals surface area (Å²) < 4.78 is 5.28. The van der Waals surface area contributed by atoms with E-state index in [1.54, 1.807) is 4.90 Å². The summed E-state index contributed by atoms with van der Waals surface area (Å²) in [7, 11) is 1.83. The van der Waals surface area contributed by atoms with Crippen molar-refractivity contribution in [1.29, 1.82) is 0 Å². The number of nitrogens with one attached hydrogen (secondary N) is 1. The van der Waals surface area contributed by atoms with Crippen molar-refractivity contribution in [3.05, 3.63) is 0 Å². The van der Waals surface area contributed by atoms with Gasteiger partial charge in [0.15, 0.2) is 0 Å². The molecule has 0 saturated heterocycles. The highest BCUT2D eigenvalue weighted by atomic mass is 16.6. The molecule has 1 rings (SSSR count). The smallest absolute Gasteiger partial charge is 0.407 e. The Balaban J connectivity index is 2.43. The van der Waals surface area contributed by atoms with Gasteiger partial charge in [0.2, 0.25) is 5.91 Å². The fourth-order valence-corrected chi connectivity index (χ4v) is 2.78. The van der Waals surface area contributed by atoms with E-state index in [0.29, 0.717) is 0 Å². The molecule has 0 aromatic heterocycles. The molecule has 1 aliphatic carbocycles. The number of ether oxygens (including phenoxy) is 1.